The van der Waals surface area contributed by atoms with E-state index < -0.39 is 12.1 Å². The molecule has 1 aliphatic rings. The van der Waals surface area contributed by atoms with E-state index in [-0.39, 0.29) is 30.3 Å². The van der Waals surface area contributed by atoms with Gasteiger partial charge in [-0.15, -0.1) is 0 Å². The van der Waals surface area contributed by atoms with Gasteiger partial charge in [0.15, 0.2) is 0 Å². The molecule has 0 unspecified atom stereocenters. The van der Waals surface area contributed by atoms with Crippen molar-refractivity contribution in [1.82, 2.24) is 10.6 Å². The molecular formula is C25H32N4O3. The van der Waals surface area contributed by atoms with Crippen molar-refractivity contribution in [2.75, 3.05) is 16.8 Å². The highest BCUT2D eigenvalue weighted by Gasteiger charge is 2.32. The highest BCUT2D eigenvalue weighted by atomic mass is 16.2. The summed E-state index contributed by atoms with van der Waals surface area (Å²) in [5.41, 5.74) is 2.42. The first kappa shape index (κ1) is 23.3. The summed E-state index contributed by atoms with van der Waals surface area (Å²) in [5, 5.41) is 8.69. The zero-order valence-corrected chi connectivity index (χ0v) is 18.9. The Bertz CT molecular complexity index is 947. The van der Waals surface area contributed by atoms with Gasteiger partial charge in [-0.25, -0.2) is 4.79 Å². The lowest BCUT2D eigenvalue weighted by molar-refractivity contribution is -0.124. The number of anilines is 2. The number of aryl methyl sites for hydroxylation is 1. The minimum Gasteiger partial charge on any atom is -0.352 e. The number of para-hydroxylation sites is 2. The van der Waals surface area contributed by atoms with Crippen molar-refractivity contribution in [2.24, 2.45) is 5.92 Å². The third kappa shape index (κ3) is 5.87. The Morgan fingerprint density at radius 1 is 1.03 bits per heavy atom. The Morgan fingerprint density at radius 3 is 2.44 bits per heavy atom. The van der Waals surface area contributed by atoms with Gasteiger partial charge in [0.2, 0.25) is 11.8 Å². The number of hydrogen-bond donors (Lipinski definition) is 3. The number of rotatable bonds is 8. The Labute approximate surface area is 189 Å². The van der Waals surface area contributed by atoms with Crippen molar-refractivity contribution in [2.45, 2.75) is 52.1 Å². The fraction of sp³-hybridized carbons (Fsp3) is 0.400. The highest BCUT2D eigenvalue weighted by Crippen LogP contribution is 2.29. The van der Waals surface area contributed by atoms with E-state index in [9.17, 15) is 14.4 Å². The van der Waals surface area contributed by atoms with Crippen LogP contribution in [0.5, 0.6) is 0 Å². The second-order valence-corrected chi connectivity index (χ2v) is 8.40. The summed E-state index contributed by atoms with van der Waals surface area (Å²) in [7, 11) is 0. The maximum Gasteiger partial charge on any atom is 0.323 e. The number of fused-ring (bicyclic) bond motifs is 1. The fourth-order valence-corrected chi connectivity index (χ4v) is 3.76. The first-order chi connectivity index (χ1) is 15.4. The number of amides is 4. The van der Waals surface area contributed by atoms with Gasteiger partial charge in [-0.05, 0) is 43.4 Å². The molecule has 7 nitrogen and oxygen atoms in total. The number of carbonyl (C=O) groups excluding carboxylic acids is 3. The summed E-state index contributed by atoms with van der Waals surface area (Å²) in [6.45, 7) is 5.81. The quantitative estimate of drug-likeness (QED) is 0.589. The van der Waals surface area contributed by atoms with Crippen molar-refractivity contribution in [3.63, 3.8) is 0 Å². The van der Waals surface area contributed by atoms with Crippen molar-refractivity contribution in [1.29, 1.82) is 0 Å². The molecule has 3 rings (SSSR count). The number of carbonyl (C=O) groups is 3. The summed E-state index contributed by atoms with van der Waals surface area (Å²) in [4.78, 5) is 39.6. The minimum absolute atomic E-state index is 0.0346. The zero-order chi connectivity index (χ0) is 23.1. The summed E-state index contributed by atoms with van der Waals surface area (Å²) < 4.78 is 0. The van der Waals surface area contributed by atoms with Crippen LogP contribution in [0.1, 0.15) is 39.2 Å². The maximum atomic E-state index is 13.1. The average Bonchev–Trinajstić information content (AvgIpc) is 2.80. The fourth-order valence-electron chi connectivity index (χ4n) is 3.76. The van der Waals surface area contributed by atoms with Gasteiger partial charge in [0.1, 0.15) is 12.6 Å². The van der Waals surface area contributed by atoms with E-state index >= 15 is 0 Å². The van der Waals surface area contributed by atoms with Gasteiger partial charge in [0, 0.05) is 6.04 Å². The second-order valence-electron chi connectivity index (χ2n) is 8.40. The lowest BCUT2D eigenvalue weighted by Gasteiger charge is -2.32. The Balaban J connectivity index is 1.65. The van der Waals surface area contributed by atoms with Crippen LogP contribution in [0.2, 0.25) is 0 Å². The predicted molar refractivity (Wildman–Crippen MR) is 127 cm³/mol. The first-order valence-electron chi connectivity index (χ1n) is 11.2. The van der Waals surface area contributed by atoms with E-state index in [4.69, 9.17) is 0 Å². The lowest BCUT2D eigenvalue weighted by atomic mass is 9.97. The van der Waals surface area contributed by atoms with Crippen molar-refractivity contribution in [3.8, 4) is 0 Å². The van der Waals surface area contributed by atoms with Gasteiger partial charge in [0.05, 0.1) is 11.4 Å². The van der Waals surface area contributed by atoms with Gasteiger partial charge in [-0.2, -0.15) is 0 Å². The standard InChI is InChI=1S/C25H32N4O3/c1-4-17(2)23(24(31)26-18(3)14-15-19-10-6-5-7-11-19)28-25(32)29-16-22(30)27-20-12-8-9-13-21(20)29/h5-13,17-18,23H,4,14-16H2,1-3H3,(H,26,31)(H,27,30)(H,28,32)/t17-,18-,23-/m0/s1. The van der Waals surface area contributed by atoms with Gasteiger partial charge < -0.3 is 16.0 Å². The van der Waals surface area contributed by atoms with E-state index in [2.05, 4.69) is 28.1 Å². The smallest absolute Gasteiger partial charge is 0.323 e. The molecule has 4 amide bonds. The number of nitrogens with one attached hydrogen (secondary N) is 3. The minimum atomic E-state index is -0.691. The molecule has 0 saturated heterocycles. The van der Waals surface area contributed by atoms with E-state index in [0.29, 0.717) is 11.4 Å². The largest absolute Gasteiger partial charge is 0.352 e. The van der Waals surface area contributed by atoms with Crippen LogP contribution >= 0.6 is 0 Å². The second kappa shape index (κ2) is 10.8. The summed E-state index contributed by atoms with van der Waals surface area (Å²) >= 11 is 0. The summed E-state index contributed by atoms with van der Waals surface area (Å²) in [6, 6.07) is 16.1. The maximum absolute atomic E-state index is 13.1. The molecule has 2 aromatic rings. The SMILES string of the molecule is CC[C@H](C)[C@H](NC(=O)N1CC(=O)Nc2ccccc21)C(=O)N[C@@H](C)CCc1ccccc1. The van der Waals surface area contributed by atoms with Crippen LogP contribution in [-0.4, -0.2) is 36.5 Å². The number of nitrogens with zero attached hydrogens (tertiary/aromatic N) is 1. The first-order valence-corrected chi connectivity index (χ1v) is 11.2. The molecule has 0 saturated carbocycles. The van der Waals surface area contributed by atoms with E-state index in [1.54, 1.807) is 18.2 Å². The Hall–Kier alpha value is -3.35. The molecule has 1 heterocycles. The molecule has 170 valence electrons. The average molecular weight is 437 g/mol. The van der Waals surface area contributed by atoms with Gasteiger partial charge in [-0.3, -0.25) is 14.5 Å². The van der Waals surface area contributed by atoms with E-state index in [0.717, 1.165) is 19.3 Å². The van der Waals surface area contributed by atoms with Crippen LogP contribution in [0.3, 0.4) is 0 Å². The molecule has 1 aliphatic heterocycles. The molecule has 7 heteroatoms. The Kier molecular flexibility index (Phi) is 7.87. The monoisotopic (exact) mass is 436 g/mol. The molecule has 3 atom stereocenters. The predicted octanol–water partition coefficient (Wildman–Crippen LogP) is 3.71. The van der Waals surface area contributed by atoms with Gasteiger partial charge >= 0.3 is 6.03 Å². The lowest BCUT2D eigenvalue weighted by Crippen LogP contribution is -2.56. The normalized spacial score (nSPS) is 15.7. The Morgan fingerprint density at radius 2 is 1.72 bits per heavy atom. The third-order valence-corrected chi connectivity index (χ3v) is 5.89. The number of urea groups is 1. The van der Waals surface area contributed by atoms with Gasteiger partial charge in [-0.1, -0.05) is 62.7 Å². The molecular weight excluding hydrogens is 404 g/mol. The van der Waals surface area contributed by atoms with Crippen LogP contribution in [0.25, 0.3) is 0 Å². The molecule has 2 aromatic carbocycles. The molecule has 32 heavy (non-hydrogen) atoms. The van der Waals surface area contributed by atoms with Crippen LogP contribution in [0.15, 0.2) is 54.6 Å². The molecule has 0 aromatic heterocycles. The van der Waals surface area contributed by atoms with Crippen LogP contribution < -0.4 is 20.9 Å². The molecule has 3 N–H and O–H groups in total. The number of hydrogen-bond acceptors (Lipinski definition) is 3. The van der Waals surface area contributed by atoms with E-state index in [1.807, 2.05) is 45.0 Å². The number of benzene rings is 2. The van der Waals surface area contributed by atoms with E-state index in [1.165, 1.54) is 10.5 Å². The van der Waals surface area contributed by atoms with Gasteiger partial charge in [0.25, 0.3) is 0 Å². The van der Waals surface area contributed by atoms with Crippen molar-refractivity contribution in [3.05, 3.63) is 60.2 Å². The summed E-state index contributed by atoms with van der Waals surface area (Å²) in [6.07, 6.45) is 2.40. The molecule has 0 bridgehead atoms. The van der Waals surface area contributed by atoms with Crippen LogP contribution in [0.4, 0.5) is 16.2 Å². The van der Waals surface area contributed by atoms with Crippen molar-refractivity contribution < 1.29 is 14.4 Å². The zero-order valence-electron chi connectivity index (χ0n) is 18.9. The molecule has 0 radical (unpaired) electrons. The highest BCUT2D eigenvalue weighted by molar-refractivity contribution is 6.10. The molecule has 0 aliphatic carbocycles. The third-order valence-electron chi connectivity index (χ3n) is 5.89. The topological polar surface area (TPSA) is 90.5 Å². The van der Waals surface area contributed by atoms with Crippen LogP contribution in [-0.2, 0) is 16.0 Å². The summed E-state index contributed by atoms with van der Waals surface area (Å²) in [5.74, 6) is -0.532. The molecule has 0 fully saturated rings. The van der Waals surface area contributed by atoms with Crippen molar-refractivity contribution >= 4 is 29.2 Å². The van der Waals surface area contributed by atoms with Crippen LogP contribution in [0, 0.1) is 5.92 Å². The molecule has 0 spiro atoms.